The van der Waals surface area contributed by atoms with Gasteiger partial charge in [-0.25, -0.2) is 8.42 Å². The van der Waals surface area contributed by atoms with Gasteiger partial charge >= 0.3 is 0 Å². The Balaban J connectivity index is 2.30. The fourth-order valence-corrected chi connectivity index (χ4v) is 6.32. The molecule has 0 spiro atoms. The summed E-state index contributed by atoms with van der Waals surface area (Å²) in [5.41, 5.74) is 0. The van der Waals surface area contributed by atoms with Gasteiger partial charge in [-0.05, 0) is 48.2 Å². The van der Waals surface area contributed by atoms with Crippen molar-refractivity contribution in [3.63, 3.8) is 0 Å². The maximum atomic E-state index is 12.7. The minimum absolute atomic E-state index is 0.0189. The molecule has 19 heavy (non-hydrogen) atoms. The number of rotatable bonds is 6. The number of aliphatic hydroxyl groups excluding tert-OH is 1. The third kappa shape index (κ3) is 3.21. The van der Waals surface area contributed by atoms with Crippen molar-refractivity contribution in [3.05, 3.63) is 14.7 Å². The van der Waals surface area contributed by atoms with Crippen LogP contribution < -0.4 is 0 Å². The van der Waals surface area contributed by atoms with E-state index in [4.69, 9.17) is 5.11 Å². The van der Waals surface area contributed by atoms with Crippen molar-refractivity contribution in [3.8, 4) is 0 Å². The third-order valence-corrected chi connectivity index (χ3v) is 7.21. The monoisotopic (exact) mass is 367 g/mol. The van der Waals surface area contributed by atoms with Gasteiger partial charge in [0.05, 0.1) is 8.68 Å². The molecule has 2 rings (SSSR count). The van der Waals surface area contributed by atoms with E-state index in [2.05, 4.69) is 15.9 Å². The Labute approximate surface area is 126 Å². The molecular formula is C12H18BrNO3S2. The van der Waals surface area contributed by atoms with Crippen LogP contribution >= 0.6 is 27.3 Å². The van der Waals surface area contributed by atoms with Crippen molar-refractivity contribution >= 4 is 37.3 Å². The molecule has 0 atom stereocenters. The first-order valence-corrected chi connectivity index (χ1v) is 9.40. The minimum atomic E-state index is -3.44. The molecule has 1 aromatic rings. The molecule has 7 heteroatoms. The normalized spacial score (nSPS) is 16.8. The quantitative estimate of drug-likeness (QED) is 0.840. The summed E-state index contributed by atoms with van der Waals surface area (Å²) in [4.78, 5) is 1.20. The smallest absolute Gasteiger partial charge is 0.244 e. The zero-order chi connectivity index (χ0) is 14.0. The van der Waals surface area contributed by atoms with Crippen molar-refractivity contribution in [2.45, 2.75) is 43.5 Å². The van der Waals surface area contributed by atoms with Crippen LogP contribution in [0, 0.1) is 6.92 Å². The van der Waals surface area contributed by atoms with Crippen LogP contribution in [-0.2, 0) is 10.0 Å². The van der Waals surface area contributed by atoms with Crippen LogP contribution in [-0.4, -0.2) is 37.0 Å². The lowest BCUT2D eigenvalue weighted by Crippen LogP contribution is -2.44. The molecule has 0 aliphatic heterocycles. The largest absolute Gasteiger partial charge is 0.396 e. The maximum absolute atomic E-state index is 12.7. The zero-order valence-corrected chi connectivity index (χ0v) is 14.0. The van der Waals surface area contributed by atoms with E-state index >= 15 is 0 Å². The van der Waals surface area contributed by atoms with E-state index in [0.717, 1.165) is 27.9 Å². The summed E-state index contributed by atoms with van der Waals surface area (Å²) in [6.07, 6.45) is 3.42. The average Bonchev–Trinajstić information content (AvgIpc) is 2.61. The first-order chi connectivity index (χ1) is 8.96. The molecule has 1 aliphatic rings. The molecule has 1 saturated carbocycles. The van der Waals surface area contributed by atoms with Crippen molar-refractivity contribution < 1.29 is 13.5 Å². The maximum Gasteiger partial charge on any atom is 0.244 e. The lowest BCUT2D eigenvalue weighted by Gasteiger charge is -2.36. The first-order valence-electron chi connectivity index (χ1n) is 6.35. The van der Waals surface area contributed by atoms with Gasteiger partial charge in [0, 0.05) is 24.1 Å². The standard InChI is InChI=1S/C12H18BrNO3S2/c1-9-11(8-12(13)18-9)19(16,17)14(6-3-7-15)10-4-2-5-10/h8,10,15H,2-7H2,1H3. The third-order valence-electron chi connectivity index (χ3n) is 3.45. The van der Waals surface area contributed by atoms with E-state index < -0.39 is 10.0 Å². The molecule has 0 saturated heterocycles. The Morgan fingerprint density at radius 2 is 2.21 bits per heavy atom. The second-order valence-electron chi connectivity index (χ2n) is 4.75. The average molecular weight is 368 g/mol. The Bertz CT molecular complexity index is 537. The topological polar surface area (TPSA) is 57.6 Å². The van der Waals surface area contributed by atoms with Crippen molar-refractivity contribution in [2.75, 3.05) is 13.2 Å². The summed E-state index contributed by atoms with van der Waals surface area (Å²) in [7, 11) is -3.44. The van der Waals surface area contributed by atoms with Gasteiger partial charge in [0.25, 0.3) is 0 Å². The molecule has 1 N–H and O–H groups in total. The Kier molecular flexibility index (Phi) is 5.05. The van der Waals surface area contributed by atoms with Crippen LogP contribution in [0.15, 0.2) is 14.7 Å². The highest BCUT2D eigenvalue weighted by molar-refractivity contribution is 9.11. The number of thiophene rings is 1. The van der Waals surface area contributed by atoms with Crippen LogP contribution in [0.4, 0.5) is 0 Å². The van der Waals surface area contributed by atoms with E-state index in [0.29, 0.717) is 17.9 Å². The number of sulfonamides is 1. The second-order valence-corrected chi connectivity index (χ2v) is 9.24. The summed E-state index contributed by atoms with van der Waals surface area (Å²) in [5.74, 6) is 0. The SMILES string of the molecule is Cc1sc(Br)cc1S(=O)(=O)N(CCCO)C1CCC1. The zero-order valence-electron chi connectivity index (χ0n) is 10.8. The second kappa shape index (κ2) is 6.22. The lowest BCUT2D eigenvalue weighted by atomic mass is 9.93. The van der Waals surface area contributed by atoms with Crippen molar-refractivity contribution in [1.82, 2.24) is 4.31 Å². The Morgan fingerprint density at radius 1 is 1.53 bits per heavy atom. The Morgan fingerprint density at radius 3 is 2.63 bits per heavy atom. The summed E-state index contributed by atoms with van der Waals surface area (Å²) in [5, 5.41) is 8.96. The molecule has 1 fully saturated rings. The Hall–Kier alpha value is 0.0500. The summed E-state index contributed by atoms with van der Waals surface area (Å²) in [6.45, 7) is 2.24. The highest BCUT2D eigenvalue weighted by atomic mass is 79.9. The van der Waals surface area contributed by atoms with E-state index in [1.54, 1.807) is 10.4 Å². The summed E-state index contributed by atoms with van der Waals surface area (Å²) >= 11 is 4.78. The summed E-state index contributed by atoms with van der Waals surface area (Å²) < 4.78 is 27.9. The van der Waals surface area contributed by atoms with E-state index in [1.807, 2.05) is 6.92 Å². The van der Waals surface area contributed by atoms with E-state index in [-0.39, 0.29) is 12.6 Å². The molecule has 0 unspecified atom stereocenters. The molecular weight excluding hydrogens is 350 g/mol. The summed E-state index contributed by atoms with van der Waals surface area (Å²) in [6, 6.07) is 1.79. The predicted molar refractivity (Wildman–Crippen MR) is 80.0 cm³/mol. The van der Waals surface area contributed by atoms with Gasteiger partial charge in [0.15, 0.2) is 0 Å². The van der Waals surface area contributed by atoms with Crippen molar-refractivity contribution in [1.29, 1.82) is 0 Å². The molecule has 1 aliphatic carbocycles. The number of aliphatic hydroxyl groups is 1. The number of hydrogen-bond donors (Lipinski definition) is 1. The predicted octanol–water partition coefficient (Wildman–Crippen LogP) is 2.74. The fourth-order valence-electron chi connectivity index (χ4n) is 2.21. The van der Waals surface area contributed by atoms with Gasteiger partial charge < -0.3 is 5.11 Å². The van der Waals surface area contributed by atoms with Gasteiger partial charge in [-0.2, -0.15) is 4.31 Å². The molecule has 1 heterocycles. The first kappa shape index (κ1) is 15.4. The van der Waals surface area contributed by atoms with Gasteiger partial charge in [0.2, 0.25) is 10.0 Å². The van der Waals surface area contributed by atoms with Crippen LogP contribution in [0.2, 0.25) is 0 Å². The number of aryl methyl sites for hydroxylation is 1. The van der Waals surface area contributed by atoms with Crippen LogP contribution in [0.3, 0.4) is 0 Å². The van der Waals surface area contributed by atoms with Gasteiger partial charge in [-0.1, -0.05) is 6.42 Å². The van der Waals surface area contributed by atoms with Crippen LogP contribution in [0.5, 0.6) is 0 Å². The number of nitrogens with zero attached hydrogens (tertiary/aromatic N) is 1. The van der Waals surface area contributed by atoms with E-state index in [1.165, 1.54) is 11.3 Å². The molecule has 108 valence electrons. The molecule has 0 aromatic carbocycles. The minimum Gasteiger partial charge on any atom is -0.396 e. The fraction of sp³-hybridized carbons (Fsp3) is 0.667. The number of halogens is 1. The number of hydrogen-bond acceptors (Lipinski definition) is 4. The van der Waals surface area contributed by atoms with Crippen molar-refractivity contribution in [2.24, 2.45) is 0 Å². The molecule has 4 nitrogen and oxygen atoms in total. The van der Waals surface area contributed by atoms with Crippen LogP contribution in [0.25, 0.3) is 0 Å². The molecule has 0 bridgehead atoms. The highest BCUT2D eigenvalue weighted by Crippen LogP contribution is 2.35. The molecule has 0 radical (unpaired) electrons. The van der Waals surface area contributed by atoms with Crippen LogP contribution in [0.1, 0.15) is 30.6 Å². The van der Waals surface area contributed by atoms with Gasteiger partial charge in [-0.3, -0.25) is 0 Å². The van der Waals surface area contributed by atoms with Gasteiger partial charge in [0.1, 0.15) is 0 Å². The lowest BCUT2D eigenvalue weighted by molar-refractivity contribution is 0.198. The van der Waals surface area contributed by atoms with E-state index in [9.17, 15) is 8.42 Å². The molecule has 1 aromatic heterocycles. The van der Waals surface area contributed by atoms with Gasteiger partial charge in [-0.15, -0.1) is 11.3 Å². The highest BCUT2D eigenvalue weighted by Gasteiger charge is 2.35. The molecule has 0 amide bonds.